The lowest BCUT2D eigenvalue weighted by molar-refractivity contribution is -0.151. The fourth-order valence-corrected chi connectivity index (χ4v) is 3.50. The number of carbonyl (C=O) groups is 1. The van der Waals surface area contributed by atoms with Crippen LogP contribution in [0.3, 0.4) is 0 Å². The van der Waals surface area contributed by atoms with Gasteiger partial charge in [-0.2, -0.15) is 0 Å². The summed E-state index contributed by atoms with van der Waals surface area (Å²) in [4.78, 5) is 17.1. The number of aliphatic hydroxyl groups is 1. The summed E-state index contributed by atoms with van der Waals surface area (Å²) in [6.45, 7) is 5.52. The lowest BCUT2D eigenvalue weighted by atomic mass is 9.79. The standard InChI is InChI=1S/C15H24N2O3S/c1-3-20-14(18)12-4-6-15(19,7-5-12)10-16-8-13-9-17-11(2)21-13/h9,12,16,19H,3-8,10H2,1-2H3. The maximum Gasteiger partial charge on any atom is 0.308 e. The molecule has 0 bridgehead atoms. The van der Waals surface area contributed by atoms with Crippen LogP contribution in [0.25, 0.3) is 0 Å². The average Bonchev–Trinajstić information content (AvgIpc) is 2.85. The van der Waals surface area contributed by atoms with Gasteiger partial charge in [0.15, 0.2) is 0 Å². The van der Waals surface area contributed by atoms with Crippen LogP contribution < -0.4 is 5.32 Å². The molecule has 1 aromatic heterocycles. The maximum atomic E-state index is 11.7. The Morgan fingerprint density at radius 1 is 1.57 bits per heavy atom. The first-order valence-electron chi connectivity index (χ1n) is 7.53. The van der Waals surface area contributed by atoms with Crippen molar-refractivity contribution in [3.8, 4) is 0 Å². The van der Waals surface area contributed by atoms with Crippen molar-refractivity contribution < 1.29 is 14.6 Å². The molecule has 118 valence electrons. The van der Waals surface area contributed by atoms with Gasteiger partial charge < -0.3 is 15.2 Å². The van der Waals surface area contributed by atoms with Gasteiger partial charge in [-0.05, 0) is 39.5 Å². The smallest absolute Gasteiger partial charge is 0.308 e. The molecule has 1 aliphatic carbocycles. The second-order valence-electron chi connectivity index (χ2n) is 5.70. The molecule has 6 heteroatoms. The molecule has 1 heterocycles. The average molecular weight is 312 g/mol. The molecular formula is C15H24N2O3S. The van der Waals surface area contributed by atoms with Crippen LogP contribution in [-0.2, 0) is 16.1 Å². The van der Waals surface area contributed by atoms with Crippen molar-refractivity contribution in [2.75, 3.05) is 13.2 Å². The van der Waals surface area contributed by atoms with Crippen LogP contribution in [-0.4, -0.2) is 34.8 Å². The lowest BCUT2D eigenvalue weighted by Gasteiger charge is -2.35. The van der Waals surface area contributed by atoms with Gasteiger partial charge in [-0.1, -0.05) is 0 Å². The summed E-state index contributed by atoms with van der Waals surface area (Å²) in [5.41, 5.74) is -0.706. The van der Waals surface area contributed by atoms with Gasteiger partial charge in [-0.15, -0.1) is 11.3 Å². The van der Waals surface area contributed by atoms with E-state index in [0.717, 1.165) is 11.6 Å². The minimum absolute atomic E-state index is 0.0469. The van der Waals surface area contributed by atoms with Gasteiger partial charge in [0.05, 0.1) is 23.1 Å². The number of aromatic nitrogens is 1. The summed E-state index contributed by atoms with van der Waals surface area (Å²) in [6.07, 6.45) is 4.57. The molecule has 1 fully saturated rings. The molecule has 2 rings (SSSR count). The predicted octanol–water partition coefficient (Wildman–Crippen LogP) is 2.03. The van der Waals surface area contributed by atoms with Crippen LogP contribution in [0.1, 0.15) is 42.5 Å². The fraction of sp³-hybridized carbons (Fsp3) is 0.733. The quantitative estimate of drug-likeness (QED) is 0.786. The van der Waals surface area contributed by atoms with Gasteiger partial charge >= 0.3 is 5.97 Å². The van der Waals surface area contributed by atoms with Crippen LogP contribution in [0.15, 0.2) is 6.20 Å². The highest BCUT2D eigenvalue weighted by atomic mass is 32.1. The second kappa shape index (κ2) is 7.33. The first kappa shape index (κ1) is 16.4. The molecule has 0 radical (unpaired) electrons. The molecule has 0 saturated heterocycles. The second-order valence-corrected chi connectivity index (χ2v) is 7.02. The van der Waals surface area contributed by atoms with Gasteiger partial charge in [0, 0.05) is 24.2 Å². The fourth-order valence-electron chi connectivity index (χ4n) is 2.73. The van der Waals surface area contributed by atoms with Gasteiger partial charge in [0.25, 0.3) is 0 Å². The molecule has 1 aromatic rings. The Morgan fingerprint density at radius 2 is 2.29 bits per heavy atom. The third-order valence-electron chi connectivity index (χ3n) is 3.96. The van der Waals surface area contributed by atoms with E-state index >= 15 is 0 Å². The van der Waals surface area contributed by atoms with Crippen LogP contribution in [0.5, 0.6) is 0 Å². The summed E-state index contributed by atoms with van der Waals surface area (Å²) in [7, 11) is 0. The largest absolute Gasteiger partial charge is 0.466 e. The lowest BCUT2D eigenvalue weighted by Crippen LogP contribution is -2.44. The Hall–Kier alpha value is -0.980. The highest BCUT2D eigenvalue weighted by molar-refractivity contribution is 7.11. The van der Waals surface area contributed by atoms with Gasteiger partial charge in [-0.3, -0.25) is 4.79 Å². The molecule has 0 unspecified atom stereocenters. The molecule has 0 aliphatic heterocycles. The highest BCUT2D eigenvalue weighted by Gasteiger charge is 2.35. The summed E-state index contributed by atoms with van der Waals surface area (Å²) in [5.74, 6) is -0.165. The molecule has 0 aromatic carbocycles. The number of aryl methyl sites for hydroxylation is 1. The van der Waals surface area contributed by atoms with E-state index in [2.05, 4.69) is 10.3 Å². The van der Waals surface area contributed by atoms with Crippen LogP contribution >= 0.6 is 11.3 Å². The Labute approximate surface area is 129 Å². The Kier molecular flexibility index (Phi) is 5.72. The van der Waals surface area contributed by atoms with Gasteiger partial charge in [0.2, 0.25) is 0 Å². The summed E-state index contributed by atoms with van der Waals surface area (Å²) in [5, 5.41) is 14.9. The normalized spacial score (nSPS) is 25.8. The van der Waals surface area contributed by atoms with E-state index < -0.39 is 5.60 Å². The van der Waals surface area contributed by atoms with Crippen LogP contribution in [0, 0.1) is 12.8 Å². The number of nitrogens with one attached hydrogen (secondary N) is 1. The zero-order valence-electron chi connectivity index (χ0n) is 12.7. The predicted molar refractivity (Wildman–Crippen MR) is 82.1 cm³/mol. The number of hydrogen-bond acceptors (Lipinski definition) is 6. The van der Waals surface area contributed by atoms with Crippen LogP contribution in [0.4, 0.5) is 0 Å². The number of ether oxygens (including phenoxy) is 1. The molecule has 0 atom stereocenters. The van der Waals surface area contributed by atoms with Crippen molar-refractivity contribution in [1.29, 1.82) is 0 Å². The third-order valence-corrected chi connectivity index (χ3v) is 4.87. The first-order valence-corrected chi connectivity index (χ1v) is 8.35. The van der Waals surface area contributed by atoms with Gasteiger partial charge in [-0.25, -0.2) is 4.98 Å². The Bertz CT molecular complexity index is 467. The molecule has 21 heavy (non-hydrogen) atoms. The number of nitrogens with zero attached hydrogens (tertiary/aromatic N) is 1. The minimum Gasteiger partial charge on any atom is -0.466 e. The first-order chi connectivity index (χ1) is 10.0. The summed E-state index contributed by atoms with van der Waals surface area (Å²) in [6, 6.07) is 0. The highest BCUT2D eigenvalue weighted by Crippen LogP contribution is 2.32. The van der Waals surface area contributed by atoms with Crippen molar-refractivity contribution in [2.24, 2.45) is 5.92 Å². The van der Waals surface area contributed by atoms with Crippen molar-refractivity contribution in [3.63, 3.8) is 0 Å². The molecule has 2 N–H and O–H groups in total. The SMILES string of the molecule is CCOC(=O)C1CCC(O)(CNCc2cnc(C)s2)CC1. The summed E-state index contributed by atoms with van der Waals surface area (Å²) >= 11 is 1.67. The van der Waals surface area contributed by atoms with E-state index in [9.17, 15) is 9.90 Å². The van der Waals surface area contributed by atoms with E-state index in [1.54, 1.807) is 11.3 Å². The zero-order valence-corrected chi connectivity index (χ0v) is 13.5. The molecule has 5 nitrogen and oxygen atoms in total. The minimum atomic E-state index is -0.706. The topological polar surface area (TPSA) is 71.5 Å². The van der Waals surface area contributed by atoms with Crippen molar-refractivity contribution in [3.05, 3.63) is 16.1 Å². The zero-order chi connectivity index (χ0) is 15.3. The van der Waals surface area contributed by atoms with E-state index in [0.29, 0.717) is 38.8 Å². The monoisotopic (exact) mass is 312 g/mol. The number of esters is 1. The van der Waals surface area contributed by atoms with Crippen LogP contribution in [0.2, 0.25) is 0 Å². The summed E-state index contributed by atoms with van der Waals surface area (Å²) < 4.78 is 5.05. The van der Waals surface area contributed by atoms with Crippen molar-refractivity contribution in [1.82, 2.24) is 10.3 Å². The number of rotatable bonds is 6. The molecule has 1 aliphatic rings. The van der Waals surface area contributed by atoms with Crippen molar-refractivity contribution in [2.45, 2.75) is 51.7 Å². The van der Waals surface area contributed by atoms with E-state index in [1.165, 1.54) is 4.88 Å². The van der Waals surface area contributed by atoms with E-state index in [4.69, 9.17) is 4.74 Å². The van der Waals surface area contributed by atoms with Crippen molar-refractivity contribution >= 4 is 17.3 Å². The van der Waals surface area contributed by atoms with E-state index in [1.807, 2.05) is 20.0 Å². The maximum absolute atomic E-state index is 11.7. The number of carbonyl (C=O) groups excluding carboxylic acids is 1. The molecular weight excluding hydrogens is 288 g/mol. The number of hydrogen-bond donors (Lipinski definition) is 2. The molecule has 0 amide bonds. The number of thiazole rings is 1. The molecule has 0 spiro atoms. The molecule has 1 saturated carbocycles. The third kappa shape index (κ3) is 4.76. The Balaban J connectivity index is 1.73. The Morgan fingerprint density at radius 3 is 2.86 bits per heavy atom. The van der Waals surface area contributed by atoms with E-state index in [-0.39, 0.29) is 11.9 Å². The van der Waals surface area contributed by atoms with Gasteiger partial charge in [0.1, 0.15) is 0 Å².